The van der Waals surface area contributed by atoms with Crippen molar-refractivity contribution in [2.75, 3.05) is 26.4 Å². The van der Waals surface area contributed by atoms with Crippen LogP contribution in [-0.4, -0.2) is 54.6 Å². The second-order valence-corrected chi connectivity index (χ2v) is 3.44. The third-order valence-electron chi connectivity index (χ3n) is 1.89. The number of amides is 2. The number of aliphatic carboxylic acids is 1. The molecule has 0 aromatic heterocycles. The predicted octanol–water partition coefficient (Wildman–Crippen LogP) is -0.452. The van der Waals surface area contributed by atoms with E-state index in [-0.39, 0.29) is 0 Å². The lowest BCUT2D eigenvalue weighted by molar-refractivity contribution is -0.140. The van der Waals surface area contributed by atoms with Gasteiger partial charge >= 0.3 is 12.0 Å². The van der Waals surface area contributed by atoms with Crippen LogP contribution in [-0.2, 0) is 9.53 Å². The second-order valence-electron chi connectivity index (χ2n) is 3.44. The van der Waals surface area contributed by atoms with E-state index in [1.807, 2.05) is 6.92 Å². The molecule has 0 bridgehead atoms. The average molecular weight is 248 g/mol. The standard InChI is InChI=1S/C10H20N2O5/c1-2-5-17-6-3-4-11-10(16)12-8(7-13)9(14)15/h8,13H,2-7H2,1H3,(H,14,15)(H2,11,12,16). The van der Waals surface area contributed by atoms with E-state index in [1.165, 1.54) is 0 Å². The number of carboxylic acids is 1. The van der Waals surface area contributed by atoms with Crippen molar-refractivity contribution < 1.29 is 24.5 Å². The third kappa shape index (κ3) is 8.47. The molecule has 2 amide bonds. The first-order chi connectivity index (χ1) is 8.11. The molecule has 0 rings (SSSR count). The Balaban J connectivity index is 3.55. The summed E-state index contributed by atoms with van der Waals surface area (Å²) in [4.78, 5) is 21.7. The van der Waals surface area contributed by atoms with Gasteiger partial charge in [-0.05, 0) is 12.8 Å². The maximum atomic E-state index is 11.2. The molecule has 0 aliphatic carbocycles. The minimum Gasteiger partial charge on any atom is -0.480 e. The van der Waals surface area contributed by atoms with Gasteiger partial charge in [0.15, 0.2) is 6.04 Å². The van der Waals surface area contributed by atoms with Gasteiger partial charge in [-0.1, -0.05) is 6.92 Å². The molecule has 1 unspecified atom stereocenters. The highest BCUT2D eigenvalue weighted by atomic mass is 16.5. The van der Waals surface area contributed by atoms with Gasteiger partial charge in [-0.2, -0.15) is 0 Å². The number of nitrogens with one attached hydrogen (secondary N) is 2. The molecule has 0 fully saturated rings. The normalized spacial score (nSPS) is 11.9. The van der Waals surface area contributed by atoms with Crippen LogP contribution in [0, 0.1) is 0 Å². The van der Waals surface area contributed by atoms with E-state index in [0.717, 1.165) is 6.42 Å². The van der Waals surface area contributed by atoms with Crippen LogP contribution in [0.25, 0.3) is 0 Å². The summed E-state index contributed by atoms with van der Waals surface area (Å²) in [6.45, 7) is 3.01. The highest BCUT2D eigenvalue weighted by Crippen LogP contribution is 1.85. The fourth-order valence-corrected chi connectivity index (χ4v) is 1.02. The Labute approximate surface area is 100 Å². The van der Waals surface area contributed by atoms with Crippen LogP contribution in [0.1, 0.15) is 19.8 Å². The van der Waals surface area contributed by atoms with Gasteiger partial charge in [0.1, 0.15) is 0 Å². The quantitative estimate of drug-likeness (QED) is 0.413. The lowest BCUT2D eigenvalue weighted by Crippen LogP contribution is -2.48. The van der Waals surface area contributed by atoms with Crippen LogP contribution >= 0.6 is 0 Å². The Hall–Kier alpha value is -1.34. The van der Waals surface area contributed by atoms with Crippen molar-refractivity contribution in [1.82, 2.24) is 10.6 Å². The molecule has 7 nitrogen and oxygen atoms in total. The number of hydrogen-bond acceptors (Lipinski definition) is 4. The van der Waals surface area contributed by atoms with Gasteiger partial charge in [-0.3, -0.25) is 0 Å². The molecule has 0 saturated carbocycles. The van der Waals surface area contributed by atoms with Crippen molar-refractivity contribution >= 4 is 12.0 Å². The van der Waals surface area contributed by atoms with Crippen molar-refractivity contribution in [3.8, 4) is 0 Å². The van der Waals surface area contributed by atoms with Gasteiger partial charge in [0.25, 0.3) is 0 Å². The number of carboxylic acid groups (broad SMARTS) is 1. The number of aliphatic hydroxyl groups excluding tert-OH is 1. The lowest BCUT2D eigenvalue weighted by Gasteiger charge is -2.12. The van der Waals surface area contributed by atoms with Crippen LogP contribution in [0.3, 0.4) is 0 Å². The van der Waals surface area contributed by atoms with Crippen molar-refractivity contribution in [2.24, 2.45) is 0 Å². The Morgan fingerprint density at radius 2 is 2.06 bits per heavy atom. The molecule has 0 aliphatic rings. The number of carbonyl (C=O) groups excluding carboxylic acids is 1. The highest BCUT2D eigenvalue weighted by molar-refractivity contribution is 5.82. The third-order valence-corrected chi connectivity index (χ3v) is 1.89. The summed E-state index contributed by atoms with van der Waals surface area (Å²) in [5.74, 6) is -1.27. The fraction of sp³-hybridized carbons (Fsp3) is 0.800. The summed E-state index contributed by atoms with van der Waals surface area (Å²) in [5.41, 5.74) is 0. The molecule has 0 radical (unpaired) electrons. The molecule has 1 atom stereocenters. The summed E-state index contributed by atoms with van der Waals surface area (Å²) >= 11 is 0. The first-order valence-electron chi connectivity index (χ1n) is 5.57. The van der Waals surface area contributed by atoms with E-state index in [4.69, 9.17) is 14.9 Å². The number of aliphatic hydroxyl groups is 1. The summed E-state index contributed by atoms with van der Waals surface area (Å²) in [5, 5.41) is 21.8. The van der Waals surface area contributed by atoms with Crippen LogP contribution in [0.5, 0.6) is 0 Å². The van der Waals surface area contributed by atoms with Gasteiger partial charge in [-0.15, -0.1) is 0 Å². The minimum absolute atomic E-state index is 0.396. The smallest absolute Gasteiger partial charge is 0.328 e. The summed E-state index contributed by atoms with van der Waals surface area (Å²) in [6.07, 6.45) is 1.61. The van der Waals surface area contributed by atoms with E-state index >= 15 is 0 Å². The van der Waals surface area contributed by atoms with Crippen molar-refractivity contribution in [1.29, 1.82) is 0 Å². The van der Waals surface area contributed by atoms with E-state index in [1.54, 1.807) is 0 Å². The number of ether oxygens (including phenoxy) is 1. The molecular formula is C10H20N2O5. The van der Waals surface area contributed by atoms with Gasteiger partial charge in [-0.25, -0.2) is 9.59 Å². The van der Waals surface area contributed by atoms with E-state index in [2.05, 4.69) is 10.6 Å². The van der Waals surface area contributed by atoms with Crippen LogP contribution in [0.2, 0.25) is 0 Å². The average Bonchev–Trinajstić information content (AvgIpc) is 2.30. The molecule has 0 heterocycles. The first kappa shape index (κ1) is 15.7. The van der Waals surface area contributed by atoms with Crippen molar-refractivity contribution in [3.05, 3.63) is 0 Å². The molecule has 100 valence electrons. The Kier molecular flexibility index (Phi) is 9.08. The zero-order chi connectivity index (χ0) is 13.1. The summed E-state index contributed by atoms with van der Waals surface area (Å²) < 4.78 is 5.20. The van der Waals surface area contributed by atoms with E-state index in [9.17, 15) is 9.59 Å². The molecule has 17 heavy (non-hydrogen) atoms. The summed E-state index contributed by atoms with van der Waals surface area (Å²) in [7, 11) is 0. The van der Waals surface area contributed by atoms with Gasteiger partial charge < -0.3 is 25.6 Å². The number of carbonyl (C=O) groups is 2. The first-order valence-corrected chi connectivity index (χ1v) is 5.57. The van der Waals surface area contributed by atoms with Gasteiger partial charge in [0, 0.05) is 19.8 Å². The largest absolute Gasteiger partial charge is 0.480 e. The molecule has 0 aromatic rings. The topological polar surface area (TPSA) is 108 Å². The zero-order valence-electron chi connectivity index (χ0n) is 9.94. The molecule has 0 spiro atoms. The molecular weight excluding hydrogens is 228 g/mol. The maximum absolute atomic E-state index is 11.2. The Morgan fingerprint density at radius 3 is 2.59 bits per heavy atom. The lowest BCUT2D eigenvalue weighted by atomic mass is 10.3. The molecule has 0 aliphatic heterocycles. The van der Waals surface area contributed by atoms with Crippen LogP contribution < -0.4 is 10.6 Å². The van der Waals surface area contributed by atoms with Crippen LogP contribution in [0.4, 0.5) is 4.79 Å². The second kappa shape index (κ2) is 9.86. The monoisotopic (exact) mass is 248 g/mol. The van der Waals surface area contributed by atoms with Gasteiger partial charge in [0.05, 0.1) is 6.61 Å². The Bertz CT molecular complexity index is 235. The van der Waals surface area contributed by atoms with Crippen LogP contribution in [0.15, 0.2) is 0 Å². The van der Waals surface area contributed by atoms with Crippen molar-refractivity contribution in [2.45, 2.75) is 25.8 Å². The highest BCUT2D eigenvalue weighted by Gasteiger charge is 2.17. The zero-order valence-corrected chi connectivity index (χ0v) is 9.94. The minimum atomic E-state index is -1.27. The molecule has 0 saturated heterocycles. The molecule has 4 N–H and O–H groups in total. The number of urea groups is 1. The fourth-order valence-electron chi connectivity index (χ4n) is 1.02. The van der Waals surface area contributed by atoms with E-state index in [0.29, 0.717) is 26.2 Å². The predicted molar refractivity (Wildman–Crippen MR) is 60.8 cm³/mol. The summed E-state index contributed by atoms with van der Waals surface area (Å²) in [6, 6.07) is -1.88. The van der Waals surface area contributed by atoms with Crippen molar-refractivity contribution in [3.63, 3.8) is 0 Å². The number of rotatable bonds is 9. The SMILES string of the molecule is CCCOCCCNC(=O)NC(CO)C(=O)O. The van der Waals surface area contributed by atoms with Gasteiger partial charge in [0.2, 0.25) is 0 Å². The van der Waals surface area contributed by atoms with E-state index < -0.39 is 24.6 Å². The molecule has 0 aromatic carbocycles. The Morgan fingerprint density at radius 1 is 1.35 bits per heavy atom. The maximum Gasteiger partial charge on any atom is 0.328 e. The molecule has 7 heteroatoms. The number of hydrogen-bond donors (Lipinski definition) is 4.